The summed E-state index contributed by atoms with van der Waals surface area (Å²) in [6, 6.07) is 13.2. The van der Waals surface area contributed by atoms with E-state index in [2.05, 4.69) is 66.5 Å². The molecule has 2 aromatic rings. The Kier molecular flexibility index (Phi) is 5.08. The van der Waals surface area contributed by atoms with Crippen molar-refractivity contribution in [2.75, 3.05) is 25.1 Å². The Labute approximate surface area is 180 Å². The molecule has 0 amide bonds. The molecule has 3 nitrogen and oxygen atoms in total. The van der Waals surface area contributed by atoms with Crippen molar-refractivity contribution in [2.45, 2.75) is 19.3 Å². The van der Waals surface area contributed by atoms with Crippen molar-refractivity contribution < 1.29 is 5.11 Å². The highest BCUT2D eigenvalue weighted by atomic mass is 32.2. The molecule has 1 aliphatic carbocycles. The van der Waals surface area contributed by atoms with Gasteiger partial charge in [-0.15, -0.1) is 0 Å². The summed E-state index contributed by atoms with van der Waals surface area (Å²) in [7, 11) is 2.01. The maximum atomic E-state index is 9.25. The maximum absolute atomic E-state index is 9.25. The second-order valence-electron chi connectivity index (χ2n) is 7.66. The molecule has 1 heterocycles. The van der Waals surface area contributed by atoms with Crippen molar-refractivity contribution in [1.82, 2.24) is 5.32 Å². The Bertz CT molecular complexity index is 1030. The molecule has 0 radical (unpaired) electrons. The maximum Gasteiger partial charge on any atom is 0.143 e. The quantitative estimate of drug-likeness (QED) is 0.545. The van der Waals surface area contributed by atoms with Crippen LogP contribution < -0.4 is 10.2 Å². The highest BCUT2D eigenvalue weighted by Crippen LogP contribution is 2.50. The first-order valence-corrected chi connectivity index (χ1v) is 10.8. The van der Waals surface area contributed by atoms with E-state index in [1.54, 1.807) is 0 Å². The van der Waals surface area contributed by atoms with Gasteiger partial charge in [-0.3, -0.25) is 0 Å². The third kappa shape index (κ3) is 3.28. The summed E-state index contributed by atoms with van der Waals surface area (Å²) >= 11 is 12.1. The minimum atomic E-state index is -0.0911. The molecule has 1 saturated heterocycles. The molecular weight excluding hydrogens is 404 g/mol. The number of nitrogens with one attached hydrogen (secondary N) is 1. The minimum absolute atomic E-state index is 0.0911. The van der Waals surface area contributed by atoms with Gasteiger partial charge < -0.3 is 15.3 Å². The number of anilines is 1. The van der Waals surface area contributed by atoms with Gasteiger partial charge in [0, 0.05) is 29.6 Å². The third-order valence-corrected chi connectivity index (χ3v) is 7.13. The Morgan fingerprint density at radius 3 is 2.43 bits per heavy atom. The van der Waals surface area contributed by atoms with E-state index in [4.69, 9.17) is 24.4 Å². The van der Waals surface area contributed by atoms with E-state index in [0.717, 1.165) is 16.2 Å². The van der Waals surface area contributed by atoms with E-state index in [0.29, 0.717) is 15.9 Å². The first kappa shape index (κ1) is 19.6. The van der Waals surface area contributed by atoms with Gasteiger partial charge >= 0.3 is 0 Å². The number of hydrogen-bond acceptors (Lipinski definition) is 5. The monoisotopic (exact) mass is 426 g/mol. The molecule has 0 atom stereocenters. The number of thiocarbonyl (C=S) groups is 2. The number of benzene rings is 2. The van der Waals surface area contributed by atoms with Crippen LogP contribution in [0.25, 0.3) is 17.2 Å². The van der Waals surface area contributed by atoms with E-state index in [9.17, 15) is 5.11 Å². The molecule has 4 rings (SSSR count). The predicted octanol–water partition coefficient (Wildman–Crippen LogP) is 4.71. The zero-order valence-electron chi connectivity index (χ0n) is 16.1. The van der Waals surface area contributed by atoms with Crippen molar-refractivity contribution in [3.05, 3.63) is 58.0 Å². The first-order valence-electron chi connectivity index (χ1n) is 9.17. The molecule has 1 fully saturated rings. The van der Waals surface area contributed by atoms with Gasteiger partial charge in [-0.1, -0.05) is 74.3 Å². The van der Waals surface area contributed by atoms with Crippen LogP contribution in [-0.2, 0) is 5.41 Å². The van der Waals surface area contributed by atoms with Gasteiger partial charge in [0.2, 0.25) is 0 Å². The normalized spacial score (nSPS) is 18.2. The van der Waals surface area contributed by atoms with Gasteiger partial charge in [-0.2, -0.15) is 0 Å². The minimum Gasteiger partial charge on any atom is -0.395 e. The first-order chi connectivity index (χ1) is 13.3. The highest BCUT2D eigenvalue weighted by Gasteiger charge is 2.35. The topological polar surface area (TPSA) is 35.5 Å². The predicted molar refractivity (Wildman–Crippen MR) is 128 cm³/mol. The fourth-order valence-corrected chi connectivity index (χ4v) is 5.40. The second-order valence-corrected chi connectivity index (χ2v) is 9.78. The molecule has 6 heteroatoms. The van der Waals surface area contributed by atoms with E-state index in [-0.39, 0.29) is 12.0 Å². The molecule has 0 aromatic heterocycles. The summed E-state index contributed by atoms with van der Waals surface area (Å²) in [6.45, 7) is 5.32. The van der Waals surface area contributed by atoms with Crippen molar-refractivity contribution >= 4 is 57.3 Å². The lowest BCUT2D eigenvalue weighted by Crippen LogP contribution is -2.22. The Balaban J connectivity index is 1.74. The van der Waals surface area contributed by atoms with E-state index in [1.165, 1.54) is 34.0 Å². The van der Waals surface area contributed by atoms with Gasteiger partial charge in [0.05, 0.1) is 6.61 Å². The van der Waals surface area contributed by atoms with Gasteiger partial charge in [-0.25, -0.2) is 0 Å². The lowest BCUT2D eigenvalue weighted by molar-refractivity contribution is 0.304. The van der Waals surface area contributed by atoms with Crippen LogP contribution in [0.3, 0.4) is 0 Å². The van der Waals surface area contributed by atoms with Gasteiger partial charge in [0.1, 0.15) is 9.31 Å². The van der Waals surface area contributed by atoms with E-state index < -0.39 is 0 Å². The molecule has 0 bridgehead atoms. The molecular formula is C22H22N2OS3. The molecule has 0 unspecified atom stereocenters. The summed E-state index contributed by atoms with van der Waals surface area (Å²) in [5.41, 5.74) is 7.39. The number of aliphatic hydroxyl groups excluding tert-OH is 1. The van der Waals surface area contributed by atoms with Crippen LogP contribution in [0.4, 0.5) is 5.69 Å². The molecule has 144 valence electrons. The molecule has 28 heavy (non-hydrogen) atoms. The number of aliphatic hydroxyl groups is 1. The van der Waals surface area contributed by atoms with Crippen LogP contribution in [0.2, 0.25) is 0 Å². The second kappa shape index (κ2) is 7.26. The summed E-state index contributed by atoms with van der Waals surface area (Å²) in [4.78, 5) is 3.79. The Morgan fingerprint density at radius 2 is 1.79 bits per heavy atom. The van der Waals surface area contributed by atoms with Gasteiger partial charge in [-0.05, 0) is 46.0 Å². The van der Waals surface area contributed by atoms with Crippen molar-refractivity contribution in [3.8, 4) is 11.1 Å². The summed E-state index contributed by atoms with van der Waals surface area (Å²) < 4.78 is 0.713. The van der Waals surface area contributed by atoms with Crippen molar-refractivity contribution in [2.24, 2.45) is 0 Å². The van der Waals surface area contributed by atoms with Crippen LogP contribution in [0.1, 0.15) is 30.5 Å². The molecule has 2 aliphatic rings. The molecule has 0 saturated carbocycles. The number of likely N-dealkylation sites (N-methyl/N-ethyl adjacent to an activating group) is 1. The summed E-state index contributed by atoms with van der Waals surface area (Å²) in [6.07, 6.45) is 2.11. The fraction of sp³-hybridized carbons (Fsp3) is 0.273. The Morgan fingerprint density at radius 1 is 1.11 bits per heavy atom. The van der Waals surface area contributed by atoms with Crippen LogP contribution in [0, 0.1) is 0 Å². The summed E-state index contributed by atoms with van der Waals surface area (Å²) in [5.74, 6) is 0. The van der Waals surface area contributed by atoms with E-state index in [1.807, 2.05) is 7.05 Å². The van der Waals surface area contributed by atoms with E-state index >= 15 is 0 Å². The van der Waals surface area contributed by atoms with Crippen LogP contribution in [0.15, 0.2) is 41.3 Å². The van der Waals surface area contributed by atoms with Crippen LogP contribution in [-0.4, -0.2) is 34.6 Å². The zero-order valence-corrected chi connectivity index (χ0v) is 18.5. The lowest BCUT2D eigenvalue weighted by atomic mass is 9.82. The Hall–Kier alpha value is -1.73. The average molecular weight is 427 g/mol. The number of nitrogens with zero attached hydrogens (tertiary/aromatic N) is 1. The van der Waals surface area contributed by atoms with Gasteiger partial charge in [0.15, 0.2) is 0 Å². The fourth-order valence-electron chi connectivity index (χ4n) is 3.92. The molecule has 2 N–H and O–H groups in total. The van der Waals surface area contributed by atoms with Gasteiger partial charge in [0.25, 0.3) is 0 Å². The average Bonchev–Trinajstić information content (AvgIpc) is 3.08. The third-order valence-electron chi connectivity index (χ3n) is 5.50. The molecule has 0 spiro atoms. The highest BCUT2D eigenvalue weighted by molar-refractivity contribution is 8.27. The smallest absolute Gasteiger partial charge is 0.143 e. The number of thioether (sulfide) groups is 1. The largest absolute Gasteiger partial charge is 0.395 e. The zero-order chi connectivity index (χ0) is 20.1. The number of rotatable bonds is 4. The van der Waals surface area contributed by atoms with Crippen molar-refractivity contribution in [1.29, 1.82) is 0 Å². The molecule has 1 aliphatic heterocycles. The lowest BCUT2D eigenvalue weighted by Gasteiger charge is -2.24. The molecule has 2 aromatic carbocycles. The standard InChI is InChI=1S/C22H22N2OS3/c1-22(2)17-10-13(11-19-20(26)23-21(27)28-19)4-6-15(17)16-7-5-14(12-18(16)22)24(3)8-9-25/h4-7,10-12,25H,8-9H2,1-3H3,(H,23,26,27)/b19-11-. The van der Waals surface area contributed by atoms with Crippen LogP contribution in [0.5, 0.6) is 0 Å². The van der Waals surface area contributed by atoms with Crippen molar-refractivity contribution in [3.63, 3.8) is 0 Å². The number of hydrogen-bond donors (Lipinski definition) is 2. The number of fused-ring (bicyclic) bond motifs is 3. The van der Waals surface area contributed by atoms with Crippen LogP contribution >= 0.6 is 36.2 Å². The summed E-state index contributed by atoms with van der Waals surface area (Å²) in [5, 5.41) is 12.3. The SMILES string of the molecule is CN(CCO)c1ccc2c(c1)C(C)(C)c1cc(/C=C3\SC(=S)NC3=S)ccc1-2.